The largest absolute Gasteiger partial charge is 0.354 e. The van der Waals surface area contributed by atoms with E-state index in [1.165, 1.54) is 11.6 Å². The molecule has 2 aromatic carbocycles. The lowest BCUT2D eigenvalue weighted by molar-refractivity contribution is -0.123. The van der Waals surface area contributed by atoms with Crippen molar-refractivity contribution in [2.24, 2.45) is 5.92 Å². The van der Waals surface area contributed by atoms with Gasteiger partial charge >= 0.3 is 0 Å². The van der Waals surface area contributed by atoms with Crippen molar-refractivity contribution >= 4 is 35.0 Å². The Morgan fingerprint density at radius 2 is 1.77 bits per heavy atom. The first-order chi connectivity index (χ1) is 14.3. The quantitative estimate of drug-likeness (QED) is 0.528. The molecule has 0 aromatic heterocycles. The third kappa shape index (κ3) is 7.63. The highest BCUT2D eigenvalue weighted by Gasteiger charge is 2.25. The lowest BCUT2D eigenvalue weighted by atomic mass is 10.0. The number of benzene rings is 2. The second-order valence-electron chi connectivity index (χ2n) is 7.69. The van der Waals surface area contributed by atoms with Gasteiger partial charge in [-0.1, -0.05) is 67.4 Å². The van der Waals surface area contributed by atoms with E-state index in [2.05, 4.69) is 34.7 Å². The van der Waals surface area contributed by atoms with Gasteiger partial charge in [0, 0.05) is 18.1 Å². The molecule has 0 spiro atoms. The van der Waals surface area contributed by atoms with Gasteiger partial charge in [-0.15, -0.1) is 0 Å². The smallest absolute Gasteiger partial charge is 0.253 e. The summed E-state index contributed by atoms with van der Waals surface area (Å²) in [5.41, 5.74) is 1.55. The molecule has 5 nitrogen and oxygen atoms in total. The fourth-order valence-electron chi connectivity index (χ4n) is 3.07. The minimum absolute atomic E-state index is 0.0687. The van der Waals surface area contributed by atoms with E-state index in [9.17, 15) is 9.59 Å². The van der Waals surface area contributed by atoms with Crippen molar-refractivity contribution in [1.29, 1.82) is 0 Å². The molecule has 30 heavy (non-hydrogen) atoms. The van der Waals surface area contributed by atoms with Gasteiger partial charge in [-0.3, -0.25) is 9.59 Å². The molecule has 0 heterocycles. The van der Waals surface area contributed by atoms with E-state index >= 15 is 0 Å². The topological polar surface area (TPSA) is 61.4 Å². The summed E-state index contributed by atoms with van der Waals surface area (Å²) in [5.74, 6) is -0.664. The molecule has 2 rings (SSSR count). The lowest BCUT2D eigenvalue weighted by Crippen LogP contribution is -2.50. The third-order valence-electron chi connectivity index (χ3n) is 4.72. The van der Waals surface area contributed by atoms with Gasteiger partial charge in [-0.25, -0.2) is 0 Å². The van der Waals surface area contributed by atoms with Crippen LogP contribution in [0, 0.1) is 5.92 Å². The highest BCUT2D eigenvalue weighted by Crippen LogP contribution is 2.21. The Balaban J connectivity index is 1.81. The van der Waals surface area contributed by atoms with Gasteiger partial charge in [0.05, 0.1) is 10.6 Å². The predicted molar refractivity (Wildman–Crippen MR) is 123 cm³/mol. The second-order valence-corrected chi connectivity index (χ2v) is 8.53. The van der Waals surface area contributed by atoms with Crippen LogP contribution < -0.4 is 10.6 Å². The van der Waals surface area contributed by atoms with E-state index in [0.717, 1.165) is 19.5 Å². The molecule has 0 saturated heterocycles. The van der Waals surface area contributed by atoms with Crippen LogP contribution in [-0.2, 0) is 11.3 Å². The molecule has 0 fully saturated rings. The maximum Gasteiger partial charge on any atom is 0.253 e. The molecule has 0 aliphatic rings. The summed E-state index contributed by atoms with van der Waals surface area (Å²) in [6.45, 7) is 6.04. The lowest BCUT2D eigenvalue weighted by Gasteiger charge is -2.22. The Kier molecular flexibility index (Phi) is 9.63. The van der Waals surface area contributed by atoms with Gasteiger partial charge in [0.25, 0.3) is 5.91 Å². The summed E-state index contributed by atoms with van der Waals surface area (Å²) >= 11 is 12.0. The van der Waals surface area contributed by atoms with Crippen molar-refractivity contribution in [3.8, 4) is 0 Å². The number of carbonyl (C=O) groups is 2. The van der Waals surface area contributed by atoms with E-state index in [0.29, 0.717) is 17.1 Å². The first-order valence-corrected chi connectivity index (χ1v) is 10.8. The number of carbonyl (C=O) groups excluding carboxylic acids is 2. The van der Waals surface area contributed by atoms with Crippen LogP contribution in [0.1, 0.15) is 36.2 Å². The third-order valence-corrected chi connectivity index (χ3v) is 5.27. The maximum atomic E-state index is 12.6. The van der Waals surface area contributed by atoms with Crippen LogP contribution >= 0.6 is 23.2 Å². The van der Waals surface area contributed by atoms with Gasteiger partial charge in [0.15, 0.2) is 0 Å². The highest BCUT2D eigenvalue weighted by molar-refractivity contribution is 6.36. The summed E-state index contributed by atoms with van der Waals surface area (Å²) < 4.78 is 0. The van der Waals surface area contributed by atoms with Crippen LogP contribution in [0.4, 0.5) is 0 Å². The molecular weight excluding hydrogens is 421 g/mol. The molecule has 162 valence electrons. The van der Waals surface area contributed by atoms with E-state index < -0.39 is 11.9 Å². The van der Waals surface area contributed by atoms with E-state index in [1.54, 1.807) is 12.1 Å². The normalized spacial score (nSPS) is 12.1. The summed E-state index contributed by atoms with van der Waals surface area (Å²) in [5, 5.41) is 6.42. The van der Waals surface area contributed by atoms with Gasteiger partial charge in [-0.2, -0.15) is 0 Å². The molecule has 2 aromatic rings. The average molecular weight is 450 g/mol. The molecule has 1 atom stereocenters. The van der Waals surface area contributed by atoms with Crippen molar-refractivity contribution in [2.45, 2.75) is 32.9 Å². The summed E-state index contributed by atoms with van der Waals surface area (Å²) in [7, 11) is 2.06. The average Bonchev–Trinajstić information content (AvgIpc) is 2.69. The Bertz CT molecular complexity index is 844. The number of hydrogen-bond donors (Lipinski definition) is 2. The Morgan fingerprint density at radius 1 is 1.07 bits per heavy atom. The van der Waals surface area contributed by atoms with Crippen molar-refractivity contribution < 1.29 is 9.59 Å². The number of hydrogen-bond acceptors (Lipinski definition) is 3. The molecule has 7 heteroatoms. The second kappa shape index (κ2) is 11.9. The number of halogens is 2. The molecule has 0 aliphatic heterocycles. The minimum Gasteiger partial charge on any atom is -0.354 e. The first kappa shape index (κ1) is 24.2. The molecule has 0 bridgehead atoms. The summed E-state index contributed by atoms with van der Waals surface area (Å²) in [4.78, 5) is 27.4. The van der Waals surface area contributed by atoms with Crippen molar-refractivity contribution in [2.75, 3.05) is 20.1 Å². The number of nitrogens with one attached hydrogen (secondary N) is 2. The number of amides is 2. The molecule has 2 N–H and O–H groups in total. The monoisotopic (exact) mass is 449 g/mol. The molecular formula is C23H29Cl2N3O2. The van der Waals surface area contributed by atoms with Crippen molar-refractivity contribution in [3.05, 3.63) is 69.7 Å². The summed E-state index contributed by atoms with van der Waals surface area (Å²) in [6.07, 6.45) is 0.816. The molecule has 1 unspecified atom stereocenters. The number of nitrogens with zero attached hydrogens (tertiary/aromatic N) is 1. The summed E-state index contributed by atoms with van der Waals surface area (Å²) in [6, 6.07) is 14.3. The fraction of sp³-hybridized carbons (Fsp3) is 0.391. The van der Waals surface area contributed by atoms with Gasteiger partial charge in [0.2, 0.25) is 5.91 Å². The fourth-order valence-corrected chi connectivity index (χ4v) is 3.57. The van der Waals surface area contributed by atoms with Gasteiger partial charge in [-0.05, 0) is 49.7 Å². The first-order valence-electron chi connectivity index (χ1n) is 10.0. The maximum absolute atomic E-state index is 12.6. The number of rotatable bonds is 10. The molecule has 0 aliphatic carbocycles. The predicted octanol–water partition coefficient (Wildman–Crippen LogP) is 4.39. The van der Waals surface area contributed by atoms with E-state index in [1.807, 2.05) is 32.0 Å². The zero-order valence-electron chi connectivity index (χ0n) is 17.6. The van der Waals surface area contributed by atoms with E-state index in [4.69, 9.17) is 23.2 Å². The van der Waals surface area contributed by atoms with Crippen LogP contribution in [0.15, 0.2) is 48.5 Å². The van der Waals surface area contributed by atoms with Crippen LogP contribution in [0.25, 0.3) is 0 Å². The molecule has 2 amide bonds. The SMILES string of the molecule is CC(C)C(NC(=O)c1ccc(Cl)cc1Cl)C(=O)NCCCN(C)Cc1ccccc1. The van der Waals surface area contributed by atoms with Gasteiger partial charge < -0.3 is 15.5 Å². The Hall–Kier alpha value is -2.08. The van der Waals surface area contributed by atoms with Crippen LogP contribution in [0.5, 0.6) is 0 Å². The Labute approximate surface area is 188 Å². The standard InChI is InChI=1S/C23H29Cl2N3O2/c1-16(2)21(27-22(29)19-11-10-18(24)14-20(19)25)23(30)26-12-7-13-28(3)15-17-8-5-4-6-9-17/h4-6,8-11,14,16,21H,7,12-13,15H2,1-3H3,(H,26,30)(H,27,29). The van der Waals surface area contributed by atoms with Crippen LogP contribution in [0.2, 0.25) is 10.0 Å². The zero-order chi connectivity index (χ0) is 22.1. The van der Waals surface area contributed by atoms with E-state index in [-0.39, 0.29) is 16.8 Å². The van der Waals surface area contributed by atoms with Gasteiger partial charge in [0.1, 0.15) is 6.04 Å². The highest BCUT2D eigenvalue weighted by atomic mass is 35.5. The Morgan fingerprint density at radius 3 is 2.40 bits per heavy atom. The van der Waals surface area contributed by atoms with Crippen molar-refractivity contribution in [3.63, 3.8) is 0 Å². The van der Waals surface area contributed by atoms with Crippen molar-refractivity contribution in [1.82, 2.24) is 15.5 Å². The van der Waals surface area contributed by atoms with Crippen LogP contribution in [-0.4, -0.2) is 42.9 Å². The zero-order valence-corrected chi connectivity index (χ0v) is 19.1. The molecule has 0 radical (unpaired) electrons. The van der Waals surface area contributed by atoms with Crippen LogP contribution in [0.3, 0.4) is 0 Å². The molecule has 0 saturated carbocycles. The minimum atomic E-state index is -0.647.